The highest BCUT2D eigenvalue weighted by molar-refractivity contribution is 5.80. The van der Waals surface area contributed by atoms with E-state index in [1.54, 1.807) is 0 Å². The van der Waals surface area contributed by atoms with Crippen LogP contribution in [-0.2, 0) is 4.79 Å². The Morgan fingerprint density at radius 3 is 2.67 bits per heavy atom. The van der Waals surface area contributed by atoms with Gasteiger partial charge in [-0.25, -0.2) is 0 Å². The van der Waals surface area contributed by atoms with Crippen LogP contribution in [-0.4, -0.2) is 35.2 Å². The molecule has 1 aromatic rings. The van der Waals surface area contributed by atoms with Gasteiger partial charge in [0.05, 0.1) is 12.6 Å². The maximum absolute atomic E-state index is 11.4. The lowest BCUT2D eigenvalue weighted by molar-refractivity contribution is -0.119. The van der Waals surface area contributed by atoms with Crippen molar-refractivity contribution in [2.75, 3.05) is 18.4 Å². The minimum atomic E-state index is -0.107. The Bertz CT molecular complexity index is 377. The molecule has 0 aliphatic rings. The van der Waals surface area contributed by atoms with Gasteiger partial charge in [0.2, 0.25) is 11.8 Å². The lowest BCUT2D eigenvalue weighted by Crippen LogP contribution is -2.34. The van der Waals surface area contributed by atoms with E-state index in [2.05, 4.69) is 26.1 Å². The van der Waals surface area contributed by atoms with Crippen molar-refractivity contribution in [1.29, 1.82) is 0 Å². The van der Waals surface area contributed by atoms with Crippen molar-refractivity contribution in [3.63, 3.8) is 0 Å². The van der Waals surface area contributed by atoms with Crippen LogP contribution >= 0.6 is 0 Å². The topological polar surface area (TPSA) is 92.1 Å². The molecule has 1 heterocycles. The van der Waals surface area contributed by atoms with Gasteiger partial charge in [-0.2, -0.15) is 0 Å². The molecule has 7 nitrogen and oxygen atoms in total. The first-order valence-corrected chi connectivity index (χ1v) is 6.13. The van der Waals surface area contributed by atoms with Crippen LogP contribution in [0.1, 0.15) is 39.6 Å². The summed E-state index contributed by atoms with van der Waals surface area (Å²) in [5.74, 6) is 0.396. The van der Waals surface area contributed by atoms with Crippen LogP contribution in [0, 0.1) is 0 Å². The van der Waals surface area contributed by atoms with E-state index in [0.717, 1.165) is 6.54 Å². The van der Waals surface area contributed by atoms with Crippen LogP contribution in [0.4, 0.5) is 6.01 Å². The fourth-order valence-electron chi connectivity index (χ4n) is 1.40. The first-order chi connectivity index (χ1) is 8.52. The maximum Gasteiger partial charge on any atom is 0.315 e. The highest BCUT2D eigenvalue weighted by Crippen LogP contribution is 2.12. The fourth-order valence-corrected chi connectivity index (χ4v) is 1.40. The molecule has 1 amide bonds. The second-order valence-electron chi connectivity index (χ2n) is 4.30. The Hall–Kier alpha value is -1.63. The molecule has 1 atom stereocenters. The zero-order chi connectivity index (χ0) is 13.5. The highest BCUT2D eigenvalue weighted by Gasteiger charge is 2.13. The maximum atomic E-state index is 11.4. The molecule has 0 aliphatic carbocycles. The number of rotatable bonds is 7. The van der Waals surface area contributed by atoms with Crippen molar-refractivity contribution in [2.45, 2.75) is 39.8 Å². The third kappa shape index (κ3) is 4.70. The Kier molecular flexibility index (Phi) is 5.57. The van der Waals surface area contributed by atoms with E-state index in [9.17, 15) is 4.79 Å². The van der Waals surface area contributed by atoms with E-state index in [1.165, 1.54) is 0 Å². The van der Waals surface area contributed by atoms with Crippen molar-refractivity contribution in [1.82, 2.24) is 20.8 Å². The van der Waals surface area contributed by atoms with Gasteiger partial charge in [0.15, 0.2) is 0 Å². The first-order valence-electron chi connectivity index (χ1n) is 6.13. The number of nitrogens with one attached hydrogen (secondary N) is 3. The summed E-state index contributed by atoms with van der Waals surface area (Å²) < 4.78 is 5.38. The van der Waals surface area contributed by atoms with Gasteiger partial charge in [0, 0.05) is 6.04 Å². The highest BCUT2D eigenvalue weighted by atomic mass is 16.4. The van der Waals surface area contributed by atoms with E-state index in [4.69, 9.17) is 4.42 Å². The standard InChI is InChI=1S/C11H21N5O2/c1-5-12-8(4)10-15-16-11(18-10)13-6-9(17)14-7(2)3/h7-8,12H,5-6H2,1-4H3,(H,13,16)(H,14,17). The number of amides is 1. The van der Waals surface area contributed by atoms with Crippen LogP contribution in [0.3, 0.4) is 0 Å². The summed E-state index contributed by atoms with van der Waals surface area (Å²) >= 11 is 0. The molecular weight excluding hydrogens is 234 g/mol. The molecule has 1 unspecified atom stereocenters. The van der Waals surface area contributed by atoms with E-state index in [-0.39, 0.29) is 30.6 Å². The zero-order valence-corrected chi connectivity index (χ0v) is 11.3. The number of nitrogens with zero attached hydrogens (tertiary/aromatic N) is 2. The summed E-state index contributed by atoms with van der Waals surface area (Å²) in [7, 11) is 0. The zero-order valence-electron chi connectivity index (χ0n) is 11.3. The number of carbonyl (C=O) groups excluding carboxylic acids is 1. The van der Waals surface area contributed by atoms with E-state index < -0.39 is 0 Å². The van der Waals surface area contributed by atoms with Gasteiger partial charge in [-0.3, -0.25) is 4.79 Å². The molecule has 0 saturated carbocycles. The molecule has 18 heavy (non-hydrogen) atoms. The molecule has 1 rings (SSSR count). The second-order valence-corrected chi connectivity index (χ2v) is 4.30. The summed E-state index contributed by atoms with van der Waals surface area (Å²) in [6.45, 7) is 8.69. The largest absolute Gasteiger partial charge is 0.406 e. The molecule has 0 spiro atoms. The first kappa shape index (κ1) is 14.4. The van der Waals surface area contributed by atoms with Crippen LogP contribution < -0.4 is 16.0 Å². The lowest BCUT2D eigenvalue weighted by Gasteiger charge is -2.08. The van der Waals surface area contributed by atoms with Gasteiger partial charge in [-0.05, 0) is 27.3 Å². The lowest BCUT2D eigenvalue weighted by atomic mass is 10.3. The molecule has 0 radical (unpaired) electrons. The third-order valence-electron chi connectivity index (χ3n) is 2.17. The molecule has 1 aromatic heterocycles. The van der Waals surface area contributed by atoms with Crippen molar-refractivity contribution in [2.24, 2.45) is 0 Å². The predicted octanol–water partition coefficient (Wildman–Crippen LogP) is 0.677. The number of hydrogen-bond acceptors (Lipinski definition) is 6. The average molecular weight is 255 g/mol. The fraction of sp³-hybridized carbons (Fsp3) is 0.727. The number of aromatic nitrogens is 2. The van der Waals surface area contributed by atoms with Gasteiger partial charge in [0.25, 0.3) is 0 Å². The Labute approximate surface area is 107 Å². The van der Waals surface area contributed by atoms with Crippen LogP contribution in [0.5, 0.6) is 0 Å². The summed E-state index contributed by atoms with van der Waals surface area (Å²) in [6, 6.07) is 0.377. The van der Waals surface area contributed by atoms with E-state index >= 15 is 0 Å². The number of anilines is 1. The van der Waals surface area contributed by atoms with Crippen molar-refractivity contribution >= 4 is 11.9 Å². The van der Waals surface area contributed by atoms with Crippen molar-refractivity contribution in [3.05, 3.63) is 5.89 Å². The van der Waals surface area contributed by atoms with Crippen molar-refractivity contribution < 1.29 is 9.21 Å². The minimum absolute atomic E-state index is 0.00235. The normalized spacial score (nSPS) is 12.5. The minimum Gasteiger partial charge on any atom is -0.406 e. The number of carbonyl (C=O) groups is 1. The SMILES string of the molecule is CCNC(C)c1nnc(NCC(=O)NC(C)C)o1. The summed E-state index contributed by atoms with van der Waals surface area (Å²) in [4.78, 5) is 11.4. The number of hydrogen-bond donors (Lipinski definition) is 3. The third-order valence-corrected chi connectivity index (χ3v) is 2.17. The Morgan fingerprint density at radius 2 is 2.06 bits per heavy atom. The predicted molar refractivity (Wildman–Crippen MR) is 68.2 cm³/mol. The van der Waals surface area contributed by atoms with Gasteiger partial charge >= 0.3 is 6.01 Å². The quantitative estimate of drug-likeness (QED) is 0.663. The van der Waals surface area contributed by atoms with E-state index in [1.807, 2.05) is 27.7 Å². The van der Waals surface area contributed by atoms with Gasteiger partial charge in [-0.1, -0.05) is 12.0 Å². The van der Waals surface area contributed by atoms with Gasteiger partial charge < -0.3 is 20.4 Å². The monoisotopic (exact) mass is 255 g/mol. The molecule has 3 N–H and O–H groups in total. The molecule has 7 heteroatoms. The van der Waals surface area contributed by atoms with Crippen LogP contribution in [0.15, 0.2) is 4.42 Å². The van der Waals surface area contributed by atoms with Crippen LogP contribution in [0.2, 0.25) is 0 Å². The molecule has 0 bridgehead atoms. The summed E-state index contributed by atoms with van der Waals surface area (Å²) in [5.41, 5.74) is 0. The second kappa shape index (κ2) is 6.95. The molecular formula is C11H21N5O2. The smallest absolute Gasteiger partial charge is 0.315 e. The van der Waals surface area contributed by atoms with Crippen LogP contribution in [0.25, 0.3) is 0 Å². The van der Waals surface area contributed by atoms with Crippen molar-refractivity contribution in [3.8, 4) is 0 Å². The summed E-state index contributed by atoms with van der Waals surface area (Å²) in [6.07, 6.45) is 0. The molecule has 0 fully saturated rings. The average Bonchev–Trinajstić information content (AvgIpc) is 2.74. The molecule has 0 saturated heterocycles. The Balaban J connectivity index is 2.42. The van der Waals surface area contributed by atoms with E-state index in [0.29, 0.717) is 5.89 Å². The molecule has 0 aromatic carbocycles. The molecule has 102 valence electrons. The molecule has 0 aliphatic heterocycles. The Morgan fingerprint density at radius 1 is 1.33 bits per heavy atom. The summed E-state index contributed by atoms with van der Waals surface area (Å²) in [5, 5.41) is 16.4. The van der Waals surface area contributed by atoms with Gasteiger partial charge in [0.1, 0.15) is 0 Å². The van der Waals surface area contributed by atoms with Gasteiger partial charge in [-0.15, -0.1) is 5.10 Å².